The van der Waals surface area contributed by atoms with Crippen LogP contribution in [-0.2, 0) is 15.3 Å². The molecule has 0 bridgehead atoms. The van der Waals surface area contributed by atoms with Gasteiger partial charge in [-0.25, -0.2) is 0 Å². The Morgan fingerprint density at radius 1 is 1.40 bits per heavy atom. The summed E-state index contributed by atoms with van der Waals surface area (Å²) in [5.41, 5.74) is 1.07. The minimum Gasteiger partial charge on any atom is -0.480 e. The SMILES string of the molecule is O=CC[C@H](SCc1ccccc1)C(=O)O. The van der Waals surface area contributed by atoms with Crippen molar-refractivity contribution in [1.82, 2.24) is 0 Å². The third-order valence-corrected chi connectivity index (χ3v) is 3.18. The molecule has 3 nitrogen and oxygen atoms in total. The van der Waals surface area contributed by atoms with Crippen molar-refractivity contribution in [2.75, 3.05) is 0 Å². The smallest absolute Gasteiger partial charge is 0.317 e. The van der Waals surface area contributed by atoms with E-state index in [1.807, 2.05) is 30.3 Å². The second kappa shape index (κ2) is 6.24. The molecule has 1 N–H and O–H groups in total. The summed E-state index contributed by atoms with van der Waals surface area (Å²) in [6, 6.07) is 9.60. The highest BCUT2D eigenvalue weighted by atomic mass is 32.2. The quantitative estimate of drug-likeness (QED) is 0.750. The molecule has 80 valence electrons. The summed E-state index contributed by atoms with van der Waals surface area (Å²) in [4.78, 5) is 21.0. The summed E-state index contributed by atoms with van der Waals surface area (Å²) < 4.78 is 0. The van der Waals surface area contributed by atoms with E-state index in [9.17, 15) is 9.59 Å². The van der Waals surface area contributed by atoms with Crippen LogP contribution in [0.2, 0.25) is 0 Å². The number of benzene rings is 1. The lowest BCUT2D eigenvalue weighted by atomic mass is 10.2. The van der Waals surface area contributed by atoms with Crippen LogP contribution in [0.4, 0.5) is 0 Å². The molecule has 15 heavy (non-hydrogen) atoms. The zero-order valence-electron chi connectivity index (χ0n) is 8.13. The Morgan fingerprint density at radius 3 is 2.60 bits per heavy atom. The van der Waals surface area contributed by atoms with E-state index >= 15 is 0 Å². The van der Waals surface area contributed by atoms with Gasteiger partial charge in [-0.2, -0.15) is 0 Å². The number of carbonyl (C=O) groups is 2. The number of carboxylic acids is 1. The van der Waals surface area contributed by atoms with Gasteiger partial charge in [0.05, 0.1) is 0 Å². The summed E-state index contributed by atoms with van der Waals surface area (Å²) in [5, 5.41) is 8.17. The summed E-state index contributed by atoms with van der Waals surface area (Å²) in [6.45, 7) is 0. The van der Waals surface area contributed by atoms with E-state index in [2.05, 4.69) is 0 Å². The Balaban J connectivity index is 2.47. The van der Waals surface area contributed by atoms with E-state index in [1.54, 1.807) is 0 Å². The fourth-order valence-electron chi connectivity index (χ4n) is 1.10. The average Bonchev–Trinajstić information content (AvgIpc) is 2.25. The number of carboxylic acid groups (broad SMARTS) is 1. The molecule has 0 saturated carbocycles. The molecule has 0 aromatic heterocycles. The maximum atomic E-state index is 10.7. The molecule has 0 aliphatic rings. The lowest BCUT2D eigenvalue weighted by Gasteiger charge is -2.08. The number of aldehydes is 1. The number of aliphatic carboxylic acids is 1. The molecule has 0 saturated heterocycles. The standard InChI is InChI=1S/C11H12O3S/c12-7-6-10(11(13)14)15-8-9-4-2-1-3-5-9/h1-5,7,10H,6,8H2,(H,13,14)/t10-/m0/s1. The van der Waals surface area contributed by atoms with Crippen molar-refractivity contribution in [3.05, 3.63) is 35.9 Å². The summed E-state index contributed by atoms with van der Waals surface area (Å²) >= 11 is 1.28. The molecule has 1 aromatic carbocycles. The molecule has 0 radical (unpaired) electrons. The van der Waals surface area contributed by atoms with Crippen LogP contribution in [0.25, 0.3) is 0 Å². The van der Waals surface area contributed by atoms with Crippen LogP contribution in [0.15, 0.2) is 30.3 Å². The first kappa shape index (κ1) is 11.8. The lowest BCUT2D eigenvalue weighted by Crippen LogP contribution is -2.16. The van der Waals surface area contributed by atoms with Gasteiger partial charge < -0.3 is 9.90 Å². The van der Waals surface area contributed by atoms with E-state index in [-0.39, 0.29) is 6.42 Å². The zero-order chi connectivity index (χ0) is 11.1. The molecule has 0 aliphatic carbocycles. The Kier molecular flexibility index (Phi) is 4.90. The van der Waals surface area contributed by atoms with Gasteiger partial charge in [-0.3, -0.25) is 4.79 Å². The molecular formula is C11H12O3S. The number of carbonyl (C=O) groups excluding carboxylic acids is 1. The van der Waals surface area contributed by atoms with Gasteiger partial charge in [0.2, 0.25) is 0 Å². The Bertz CT molecular complexity index is 324. The highest BCUT2D eigenvalue weighted by Gasteiger charge is 2.16. The highest BCUT2D eigenvalue weighted by Crippen LogP contribution is 2.19. The van der Waals surface area contributed by atoms with Gasteiger partial charge in [0, 0.05) is 12.2 Å². The van der Waals surface area contributed by atoms with Crippen LogP contribution in [0.5, 0.6) is 0 Å². The molecule has 0 unspecified atom stereocenters. The third-order valence-electron chi connectivity index (χ3n) is 1.88. The molecule has 4 heteroatoms. The van der Waals surface area contributed by atoms with Crippen LogP contribution < -0.4 is 0 Å². The van der Waals surface area contributed by atoms with Gasteiger partial charge in [0.1, 0.15) is 11.5 Å². The Morgan fingerprint density at radius 2 is 2.07 bits per heavy atom. The zero-order valence-corrected chi connectivity index (χ0v) is 8.94. The summed E-state index contributed by atoms with van der Waals surface area (Å²) in [5.74, 6) is -0.311. The van der Waals surface area contributed by atoms with E-state index in [4.69, 9.17) is 5.11 Å². The maximum absolute atomic E-state index is 10.7. The van der Waals surface area contributed by atoms with E-state index in [1.165, 1.54) is 11.8 Å². The van der Waals surface area contributed by atoms with E-state index in [0.29, 0.717) is 12.0 Å². The summed E-state index contributed by atoms with van der Waals surface area (Å²) in [6.07, 6.45) is 0.712. The molecule has 0 spiro atoms. The van der Waals surface area contributed by atoms with Crippen molar-refractivity contribution in [2.45, 2.75) is 17.4 Å². The van der Waals surface area contributed by atoms with Crippen molar-refractivity contribution in [3.8, 4) is 0 Å². The molecule has 0 heterocycles. The van der Waals surface area contributed by atoms with Crippen LogP contribution in [0, 0.1) is 0 Å². The van der Waals surface area contributed by atoms with Crippen molar-refractivity contribution >= 4 is 24.0 Å². The third kappa shape index (κ3) is 4.16. The van der Waals surface area contributed by atoms with Crippen molar-refractivity contribution in [2.24, 2.45) is 0 Å². The normalized spacial score (nSPS) is 12.0. The number of rotatable bonds is 6. The van der Waals surface area contributed by atoms with Gasteiger partial charge in [-0.15, -0.1) is 11.8 Å². The molecule has 1 atom stereocenters. The Hall–Kier alpha value is -1.29. The first-order valence-electron chi connectivity index (χ1n) is 4.56. The van der Waals surface area contributed by atoms with Crippen molar-refractivity contribution in [3.63, 3.8) is 0 Å². The van der Waals surface area contributed by atoms with Gasteiger partial charge >= 0.3 is 5.97 Å². The predicted octanol–water partition coefficient (Wildman–Crippen LogP) is 1.96. The summed E-state index contributed by atoms with van der Waals surface area (Å²) in [7, 11) is 0. The van der Waals surface area contributed by atoms with Crippen LogP contribution in [0.1, 0.15) is 12.0 Å². The average molecular weight is 224 g/mol. The fourth-order valence-corrected chi connectivity index (χ4v) is 2.04. The van der Waals surface area contributed by atoms with Gasteiger partial charge in [0.15, 0.2) is 0 Å². The second-order valence-electron chi connectivity index (χ2n) is 3.03. The monoisotopic (exact) mass is 224 g/mol. The lowest BCUT2D eigenvalue weighted by molar-refractivity contribution is -0.137. The van der Waals surface area contributed by atoms with Crippen molar-refractivity contribution < 1.29 is 14.7 Å². The molecule has 0 amide bonds. The molecule has 0 fully saturated rings. The van der Waals surface area contributed by atoms with Crippen molar-refractivity contribution in [1.29, 1.82) is 0 Å². The maximum Gasteiger partial charge on any atom is 0.317 e. The molecule has 1 rings (SSSR count). The fraction of sp³-hybridized carbons (Fsp3) is 0.273. The van der Waals surface area contributed by atoms with Gasteiger partial charge in [0.25, 0.3) is 0 Å². The first-order chi connectivity index (χ1) is 7.24. The number of hydrogen-bond donors (Lipinski definition) is 1. The van der Waals surface area contributed by atoms with Gasteiger partial charge in [-0.05, 0) is 5.56 Å². The van der Waals surface area contributed by atoms with Crippen LogP contribution >= 0.6 is 11.8 Å². The molecule has 0 aliphatic heterocycles. The largest absolute Gasteiger partial charge is 0.480 e. The Labute approximate surface area is 92.5 Å². The van der Waals surface area contributed by atoms with Gasteiger partial charge in [-0.1, -0.05) is 30.3 Å². The molecule has 1 aromatic rings. The number of hydrogen-bond acceptors (Lipinski definition) is 3. The van der Waals surface area contributed by atoms with Crippen LogP contribution in [0.3, 0.4) is 0 Å². The van der Waals surface area contributed by atoms with E-state index in [0.717, 1.165) is 5.56 Å². The highest BCUT2D eigenvalue weighted by molar-refractivity contribution is 7.99. The first-order valence-corrected chi connectivity index (χ1v) is 5.61. The minimum atomic E-state index is -0.928. The number of thioether (sulfide) groups is 1. The molecular weight excluding hydrogens is 212 g/mol. The van der Waals surface area contributed by atoms with Crippen LogP contribution in [-0.4, -0.2) is 22.6 Å². The predicted molar refractivity (Wildman–Crippen MR) is 59.8 cm³/mol. The second-order valence-corrected chi connectivity index (χ2v) is 4.22. The minimum absolute atomic E-state index is 0.0623. The topological polar surface area (TPSA) is 54.4 Å². The van der Waals surface area contributed by atoms with E-state index < -0.39 is 11.2 Å².